The number of aromatic nitrogens is 4. The third-order valence-corrected chi connectivity index (χ3v) is 7.87. The Bertz CT molecular complexity index is 1490. The second kappa shape index (κ2) is 10.7. The zero-order chi connectivity index (χ0) is 27.8. The van der Waals surface area contributed by atoms with Gasteiger partial charge in [0.05, 0.1) is 30.1 Å². The molecule has 0 spiro atoms. The van der Waals surface area contributed by atoms with Crippen molar-refractivity contribution in [1.82, 2.24) is 24.5 Å². The van der Waals surface area contributed by atoms with E-state index in [2.05, 4.69) is 22.0 Å². The number of fused-ring (bicyclic) bond motifs is 1. The van der Waals surface area contributed by atoms with Crippen molar-refractivity contribution in [1.29, 1.82) is 0 Å². The number of amides is 1. The van der Waals surface area contributed by atoms with Crippen molar-refractivity contribution in [3.8, 4) is 17.0 Å². The third-order valence-electron chi connectivity index (χ3n) is 7.87. The zero-order valence-electron chi connectivity index (χ0n) is 22.4. The van der Waals surface area contributed by atoms with Gasteiger partial charge in [-0.25, -0.2) is 18.3 Å². The van der Waals surface area contributed by atoms with Crippen molar-refractivity contribution in [2.45, 2.75) is 51.1 Å². The molecule has 2 N–H and O–H groups in total. The molecule has 10 heteroatoms. The first-order valence-corrected chi connectivity index (χ1v) is 13.0. The van der Waals surface area contributed by atoms with E-state index < -0.39 is 11.6 Å². The van der Waals surface area contributed by atoms with E-state index in [0.29, 0.717) is 17.8 Å². The summed E-state index contributed by atoms with van der Waals surface area (Å²) in [7, 11) is 3.17. The average Bonchev–Trinajstić information content (AvgIpc) is 3.29. The highest BCUT2D eigenvalue weighted by Gasteiger charge is 2.38. The monoisotopic (exact) mass is 534 g/mol. The molecule has 8 nitrogen and oxygen atoms in total. The molecule has 1 aliphatic carbocycles. The Kier molecular flexibility index (Phi) is 7.31. The number of methoxy groups -OCH3 is 1. The molecular weight excluding hydrogens is 502 g/mol. The van der Waals surface area contributed by atoms with E-state index in [1.165, 1.54) is 7.11 Å². The Labute approximate surface area is 225 Å². The molecule has 4 aromatic rings. The maximum Gasteiger partial charge on any atom is 0.219 e. The summed E-state index contributed by atoms with van der Waals surface area (Å²) in [5.74, 6) is -0.368. The van der Waals surface area contributed by atoms with E-state index >= 15 is 0 Å². The van der Waals surface area contributed by atoms with E-state index in [0.717, 1.165) is 36.1 Å². The molecule has 0 unspecified atom stereocenters. The fraction of sp³-hybridized carbons (Fsp3) is 0.379. The van der Waals surface area contributed by atoms with Crippen LogP contribution in [0.2, 0.25) is 0 Å². The van der Waals surface area contributed by atoms with Crippen LogP contribution in [0.5, 0.6) is 5.75 Å². The molecule has 204 valence electrons. The van der Waals surface area contributed by atoms with Gasteiger partial charge in [0, 0.05) is 57.0 Å². The lowest BCUT2D eigenvalue weighted by molar-refractivity contribution is -0.131. The molecular formula is C29H32F2N6O2. The molecule has 1 fully saturated rings. The molecule has 1 aromatic carbocycles. The molecule has 0 aliphatic heterocycles. The summed E-state index contributed by atoms with van der Waals surface area (Å²) < 4.78 is 36.1. The molecule has 3 heterocycles. The molecule has 39 heavy (non-hydrogen) atoms. The van der Waals surface area contributed by atoms with Gasteiger partial charge in [-0.05, 0) is 54.0 Å². The minimum Gasteiger partial charge on any atom is -0.497 e. The first-order chi connectivity index (χ1) is 18.7. The van der Waals surface area contributed by atoms with E-state index in [9.17, 15) is 13.6 Å². The quantitative estimate of drug-likeness (QED) is 0.395. The number of pyridine rings is 1. The number of carbonyl (C=O) groups is 1. The molecule has 0 bridgehead atoms. The summed E-state index contributed by atoms with van der Waals surface area (Å²) in [6.07, 6.45) is 7.34. The smallest absolute Gasteiger partial charge is 0.219 e. The lowest BCUT2D eigenvalue weighted by Gasteiger charge is -2.43. The number of hydrogen-bond donors (Lipinski definition) is 1. The van der Waals surface area contributed by atoms with Gasteiger partial charge in [-0.1, -0.05) is 6.92 Å². The SMILES string of the molecule is COc1cc(F)c(-c2ccc3cnc(Cc4cnccc4[C@H]4C[C@@H](N)[C@@H](N(C)C(C)=O)[C@@H](C)C4)n3n2)c(F)c1. The number of hydrogen-bond acceptors (Lipinski definition) is 6. The second-order valence-corrected chi connectivity index (χ2v) is 10.4. The van der Waals surface area contributed by atoms with Crippen LogP contribution in [-0.2, 0) is 11.2 Å². The summed E-state index contributed by atoms with van der Waals surface area (Å²) >= 11 is 0. The van der Waals surface area contributed by atoms with Gasteiger partial charge in [0.25, 0.3) is 0 Å². The van der Waals surface area contributed by atoms with Crippen LogP contribution in [-0.4, -0.2) is 56.6 Å². The minimum absolute atomic E-state index is 0.0119. The second-order valence-electron chi connectivity index (χ2n) is 10.4. The Morgan fingerprint density at radius 3 is 2.59 bits per heavy atom. The molecule has 1 amide bonds. The lowest BCUT2D eigenvalue weighted by atomic mass is 9.72. The number of nitrogens with zero attached hydrogens (tertiary/aromatic N) is 5. The highest BCUT2D eigenvalue weighted by molar-refractivity contribution is 5.73. The molecule has 4 atom stereocenters. The number of imidazole rings is 1. The molecule has 3 aromatic heterocycles. The van der Waals surface area contributed by atoms with Crippen LogP contribution in [0.15, 0.2) is 48.9 Å². The Balaban J connectivity index is 1.46. The largest absolute Gasteiger partial charge is 0.497 e. The topological polar surface area (TPSA) is 98.6 Å². The van der Waals surface area contributed by atoms with Gasteiger partial charge >= 0.3 is 0 Å². The number of ether oxygens (including phenoxy) is 1. The average molecular weight is 535 g/mol. The van der Waals surface area contributed by atoms with Crippen LogP contribution in [0, 0.1) is 17.6 Å². The van der Waals surface area contributed by atoms with Crippen LogP contribution in [0.4, 0.5) is 8.78 Å². The zero-order valence-corrected chi connectivity index (χ0v) is 22.4. The van der Waals surface area contributed by atoms with Gasteiger partial charge in [-0.15, -0.1) is 0 Å². The summed E-state index contributed by atoms with van der Waals surface area (Å²) in [6, 6.07) is 7.43. The fourth-order valence-corrected chi connectivity index (χ4v) is 5.96. The van der Waals surface area contributed by atoms with Crippen LogP contribution in [0.1, 0.15) is 49.6 Å². The summed E-state index contributed by atoms with van der Waals surface area (Å²) in [5.41, 5.74) is 9.36. The van der Waals surface area contributed by atoms with Gasteiger partial charge < -0.3 is 15.4 Å². The van der Waals surface area contributed by atoms with Crippen LogP contribution >= 0.6 is 0 Å². The van der Waals surface area contributed by atoms with Crippen LogP contribution in [0.3, 0.4) is 0 Å². The standard InChI is InChI=1S/C29H32F2N6O2/c1-16-9-18(10-25(32)29(16)36(3)17(2)38)22-7-8-33-14-19(22)11-27-34-15-20-5-6-26(35-37(20)27)28-23(30)12-21(39-4)13-24(28)31/h5-8,12-16,18,25,29H,9-11,32H2,1-4H3/t16-,18+,25+,29-/m0/s1. The number of nitrogens with two attached hydrogens (primary N) is 1. The normalized spacial score (nSPS) is 21.2. The highest BCUT2D eigenvalue weighted by Crippen LogP contribution is 2.39. The van der Waals surface area contributed by atoms with Crippen molar-refractivity contribution in [2.24, 2.45) is 11.7 Å². The number of rotatable bonds is 6. The first-order valence-electron chi connectivity index (χ1n) is 13.0. The Morgan fingerprint density at radius 2 is 1.92 bits per heavy atom. The maximum absolute atomic E-state index is 14.8. The number of likely N-dealkylation sites (N-methyl/N-ethyl adjacent to an activating group) is 1. The van der Waals surface area contributed by atoms with Crippen molar-refractivity contribution >= 4 is 11.4 Å². The molecule has 0 saturated heterocycles. The van der Waals surface area contributed by atoms with Crippen LogP contribution < -0.4 is 10.5 Å². The molecule has 1 aliphatic rings. The van der Waals surface area contributed by atoms with E-state index in [1.807, 2.05) is 19.3 Å². The molecule has 0 radical (unpaired) electrons. The van der Waals surface area contributed by atoms with Crippen molar-refractivity contribution in [3.05, 3.63) is 77.5 Å². The van der Waals surface area contributed by atoms with Crippen molar-refractivity contribution in [3.63, 3.8) is 0 Å². The first kappa shape index (κ1) is 26.7. The van der Waals surface area contributed by atoms with Crippen LogP contribution in [0.25, 0.3) is 16.8 Å². The predicted molar refractivity (Wildman–Crippen MR) is 143 cm³/mol. The van der Waals surface area contributed by atoms with Crippen molar-refractivity contribution in [2.75, 3.05) is 14.2 Å². The van der Waals surface area contributed by atoms with Gasteiger partial charge in [0.1, 0.15) is 23.2 Å². The van der Waals surface area contributed by atoms with Gasteiger partial charge in [0.2, 0.25) is 5.91 Å². The lowest BCUT2D eigenvalue weighted by Crippen LogP contribution is -2.54. The Morgan fingerprint density at radius 1 is 1.18 bits per heavy atom. The van der Waals surface area contributed by atoms with Gasteiger partial charge in [-0.2, -0.15) is 5.10 Å². The highest BCUT2D eigenvalue weighted by atomic mass is 19.1. The van der Waals surface area contributed by atoms with E-state index in [-0.39, 0.29) is 46.8 Å². The number of benzene rings is 1. The van der Waals surface area contributed by atoms with Gasteiger partial charge in [0.15, 0.2) is 0 Å². The fourth-order valence-electron chi connectivity index (χ4n) is 5.96. The summed E-state index contributed by atoms with van der Waals surface area (Å²) in [4.78, 5) is 22.7. The number of carbonyl (C=O) groups excluding carboxylic acids is 1. The van der Waals surface area contributed by atoms with Gasteiger partial charge in [-0.3, -0.25) is 9.78 Å². The Hall–Kier alpha value is -3.92. The maximum atomic E-state index is 14.8. The summed E-state index contributed by atoms with van der Waals surface area (Å²) in [5, 5.41) is 4.55. The molecule has 1 saturated carbocycles. The molecule has 5 rings (SSSR count). The van der Waals surface area contributed by atoms with E-state index in [1.54, 1.807) is 40.9 Å². The van der Waals surface area contributed by atoms with E-state index in [4.69, 9.17) is 10.5 Å². The van der Waals surface area contributed by atoms with Crippen molar-refractivity contribution < 1.29 is 18.3 Å². The minimum atomic E-state index is -0.758. The summed E-state index contributed by atoms with van der Waals surface area (Å²) in [6.45, 7) is 3.71. The number of halogens is 2. The predicted octanol–water partition coefficient (Wildman–Crippen LogP) is 4.36. The third kappa shape index (κ3) is 5.08.